The number of nitrogens with zero attached hydrogens (tertiary/aromatic N) is 1. The number of ether oxygens (including phenoxy) is 1. The third-order valence-corrected chi connectivity index (χ3v) is 2.84. The molecule has 1 aromatic rings. The predicted molar refractivity (Wildman–Crippen MR) is 72.8 cm³/mol. The first kappa shape index (κ1) is 12.8. The van der Waals surface area contributed by atoms with Crippen molar-refractivity contribution in [2.45, 2.75) is 0 Å². The lowest BCUT2D eigenvalue weighted by molar-refractivity contribution is 0.414. The number of anilines is 1. The molecule has 84 valence electrons. The molecule has 1 aromatic carbocycles. The van der Waals surface area contributed by atoms with Gasteiger partial charge in [0.25, 0.3) is 0 Å². The Balaban J connectivity index is 2.88. The van der Waals surface area contributed by atoms with E-state index in [0.717, 1.165) is 35.2 Å². The average Bonchev–Trinajstić information content (AvgIpc) is 2.29. The molecule has 0 saturated carbocycles. The van der Waals surface area contributed by atoms with Gasteiger partial charge < -0.3 is 9.64 Å². The van der Waals surface area contributed by atoms with Crippen molar-refractivity contribution in [1.82, 2.24) is 0 Å². The number of rotatable bonds is 6. The summed E-state index contributed by atoms with van der Waals surface area (Å²) in [6.45, 7) is 1.96. The first-order chi connectivity index (χ1) is 7.33. The van der Waals surface area contributed by atoms with Gasteiger partial charge in [0.05, 0.1) is 12.8 Å². The monoisotopic (exact) mass is 335 g/mol. The molecule has 15 heavy (non-hydrogen) atoms. The molecular formula is C11H15Br2NO. The maximum absolute atomic E-state index is 5.35. The fraction of sp³-hybridized carbons (Fsp3) is 0.455. The Hall–Kier alpha value is -0.220. The van der Waals surface area contributed by atoms with E-state index in [4.69, 9.17) is 4.74 Å². The summed E-state index contributed by atoms with van der Waals surface area (Å²) in [4.78, 5) is 2.29. The minimum absolute atomic E-state index is 0.930. The van der Waals surface area contributed by atoms with E-state index in [1.807, 2.05) is 18.2 Å². The number of hydrogen-bond donors (Lipinski definition) is 0. The SMILES string of the molecule is COc1ccccc1N(CCBr)CCBr. The molecule has 4 heteroatoms. The van der Waals surface area contributed by atoms with Crippen LogP contribution in [0.4, 0.5) is 5.69 Å². The second-order valence-electron chi connectivity index (χ2n) is 3.04. The highest BCUT2D eigenvalue weighted by molar-refractivity contribution is 9.09. The van der Waals surface area contributed by atoms with Gasteiger partial charge in [-0.2, -0.15) is 0 Å². The molecule has 1 rings (SSSR count). The summed E-state index contributed by atoms with van der Waals surface area (Å²) >= 11 is 6.93. The van der Waals surface area contributed by atoms with Crippen LogP contribution in [0.25, 0.3) is 0 Å². The molecule has 0 heterocycles. The molecular weight excluding hydrogens is 322 g/mol. The molecule has 0 atom stereocenters. The van der Waals surface area contributed by atoms with Crippen molar-refractivity contribution in [3.8, 4) is 5.75 Å². The van der Waals surface area contributed by atoms with Gasteiger partial charge in [-0.05, 0) is 12.1 Å². The van der Waals surface area contributed by atoms with Crippen LogP contribution >= 0.6 is 31.9 Å². The first-order valence-corrected chi connectivity index (χ1v) is 7.07. The van der Waals surface area contributed by atoms with E-state index in [2.05, 4.69) is 42.8 Å². The zero-order valence-corrected chi connectivity index (χ0v) is 11.9. The number of halogens is 2. The molecule has 0 aliphatic carbocycles. The van der Waals surface area contributed by atoms with Crippen LogP contribution in [0.2, 0.25) is 0 Å². The second-order valence-corrected chi connectivity index (χ2v) is 4.62. The molecule has 0 aliphatic heterocycles. The summed E-state index contributed by atoms with van der Waals surface area (Å²) in [7, 11) is 1.71. The van der Waals surface area contributed by atoms with E-state index in [9.17, 15) is 0 Å². The number of benzene rings is 1. The summed E-state index contributed by atoms with van der Waals surface area (Å²) in [5.41, 5.74) is 1.15. The van der Waals surface area contributed by atoms with Crippen molar-refractivity contribution in [2.24, 2.45) is 0 Å². The lowest BCUT2D eigenvalue weighted by atomic mass is 10.2. The molecule has 0 spiro atoms. The molecule has 0 fully saturated rings. The topological polar surface area (TPSA) is 12.5 Å². The van der Waals surface area contributed by atoms with Gasteiger partial charge in [0.1, 0.15) is 5.75 Å². The Kier molecular flexibility index (Phi) is 6.10. The Morgan fingerprint density at radius 2 is 1.73 bits per heavy atom. The van der Waals surface area contributed by atoms with Gasteiger partial charge in [-0.25, -0.2) is 0 Å². The van der Waals surface area contributed by atoms with Crippen LogP contribution in [0.5, 0.6) is 5.75 Å². The van der Waals surface area contributed by atoms with Crippen LogP contribution in [-0.4, -0.2) is 30.9 Å². The lowest BCUT2D eigenvalue weighted by Gasteiger charge is -2.24. The Morgan fingerprint density at radius 1 is 1.13 bits per heavy atom. The number of alkyl halides is 2. The number of hydrogen-bond acceptors (Lipinski definition) is 2. The molecule has 0 amide bonds. The maximum Gasteiger partial charge on any atom is 0.142 e. The maximum atomic E-state index is 5.35. The van der Waals surface area contributed by atoms with E-state index in [1.165, 1.54) is 0 Å². The fourth-order valence-corrected chi connectivity index (χ4v) is 2.30. The number of para-hydroxylation sites is 2. The lowest BCUT2D eigenvalue weighted by Crippen LogP contribution is -2.27. The first-order valence-electron chi connectivity index (χ1n) is 4.83. The highest BCUT2D eigenvalue weighted by atomic mass is 79.9. The third kappa shape index (κ3) is 3.68. The Morgan fingerprint density at radius 3 is 2.27 bits per heavy atom. The summed E-state index contributed by atoms with van der Waals surface area (Å²) in [5, 5.41) is 1.91. The van der Waals surface area contributed by atoms with Crippen molar-refractivity contribution >= 4 is 37.5 Å². The average molecular weight is 337 g/mol. The summed E-state index contributed by atoms with van der Waals surface area (Å²) < 4.78 is 5.35. The highest BCUT2D eigenvalue weighted by Crippen LogP contribution is 2.27. The van der Waals surface area contributed by atoms with E-state index >= 15 is 0 Å². The van der Waals surface area contributed by atoms with Gasteiger partial charge in [-0.1, -0.05) is 44.0 Å². The molecule has 0 unspecified atom stereocenters. The van der Waals surface area contributed by atoms with Crippen LogP contribution in [0.1, 0.15) is 0 Å². The molecule has 0 aromatic heterocycles. The summed E-state index contributed by atoms with van der Waals surface area (Å²) in [5.74, 6) is 0.930. The van der Waals surface area contributed by atoms with Gasteiger partial charge >= 0.3 is 0 Å². The molecule has 0 radical (unpaired) electrons. The van der Waals surface area contributed by atoms with Gasteiger partial charge in [-0.15, -0.1) is 0 Å². The van der Waals surface area contributed by atoms with Crippen molar-refractivity contribution in [3.63, 3.8) is 0 Å². The van der Waals surface area contributed by atoms with Crippen LogP contribution in [0.3, 0.4) is 0 Å². The molecule has 0 aliphatic rings. The van der Waals surface area contributed by atoms with Crippen LogP contribution < -0.4 is 9.64 Å². The van der Waals surface area contributed by atoms with Crippen LogP contribution in [0.15, 0.2) is 24.3 Å². The van der Waals surface area contributed by atoms with E-state index in [-0.39, 0.29) is 0 Å². The summed E-state index contributed by atoms with van der Waals surface area (Å²) in [6, 6.07) is 8.10. The normalized spacial score (nSPS) is 10.1. The van der Waals surface area contributed by atoms with Gasteiger partial charge in [0.2, 0.25) is 0 Å². The molecule has 0 saturated heterocycles. The minimum Gasteiger partial charge on any atom is -0.495 e. The summed E-state index contributed by atoms with van der Waals surface area (Å²) in [6.07, 6.45) is 0. The highest BCUT2D eigenvalue weighted by Gasteiger charge is 2.09. The van der Waals surface area contributed by atoms with E-state index in [0.29, 0.717) is 0 Å². The van der Waals surface area contributed by atoms with Crippen molar-refractivity contribution < 1.29 is 4.74 Å². The van der Waals surface area contributed by atoms with Gasteiger partial charge in [-0.3, -0.25) is 0 Å². The fourth-order valence-electron chi connectivity index (χ4n) is 1.45. The Bertz CT molecular complexity index is 288. The van der Waals surface area contributed by atoms with Crippen LogP contribution in [0, 0.1) is 0 Å². The quantitative estimate of drug-likeness (QED) is 0.739. The van der Waals surface area contributed by atoms with Crippen molar-refractivity contribution in [3.05, 3.63) is 24.3 Å². The number of methoxy groups -OCH3 is 1. The van der Waals surface area contributed by atoms with Crippen LogP contribution in [-0.2, 0) is 0 Å². The Labute approximate surface area is 108 Å². The van der Waals surface area contributed by atoms with Crippen molar-refractivity contribution in [1.29, 1.82) is 0 Å². The molecule has 0 N–H and O–H groups in total. The van der Waals surface area contributed by atoms with Gasteiger partial charge in [0.15, 0.2) is 0 Å². The van der Waals surface area contributed by atoms with E-state index < -0.39 is 0 Å². The zero-order chi connectivity index (χ0) is 11.1. The minimum atomic E-state index is 0.930. The third-order valence-electron chi connectivity index (χ3n) is 2.13. The zero-order valence-electron chi connectivity index (χ0n) is 8.75. The van der Waals surface area contributed by atoms with Gasteiger partial charge in [0, 0.05) is 23.7 Å². The second kappa shape index (κ2) is 7.12. The van der Waals surface area contributed by atoms with E-state index in [1.54, 1.807) is 7.11 Å². The predicted octanol–water partition coefficient (Wildman–Crippen LogP) is 3.29. The molecule has 2 nitrogen and oxygen atoms in total. The smallest absolute Gasteiger partial charge is 0.142 e. The molecule has 0 bridgehead atoms. The standard InChI is InChI=1S/C11H15Br2NO/c1-15-11-5-3-2-4-10(11)14(8-6-12)9-7-13/h2-5H,6-9H2,1H3. The largest absolute Gasteiger partial charge is 0.495 e. The van der Waals surface area contributed by atoms with Crippen molar-refractivity contribution in [2.75, 3.05) is 35.8 Å².